The maximum absolute atomic E-state index is 12.8. The molecule has 28 heavy (non-hydrogen) atoms. The Labute approximate surface area is 155 Å². The van der Waals surface area contributed by atoms with E-state index in [1.54, 1.807) is 6.92 Å². The van der Waals surface area contributed by atoms with E-state index in [2.05, 4.69) is 25.6 Å². The summed E-state index contributed by atoms with van der Waals surface area (Å²) in [4.78, 5) is 27.0. The minimum Gasteiger partial charge on any atom is -0.414 e. The molecule has 0 atom stereocenters. The van der Waals surface area contributed by atoms with Crippen LogP contribution in [0, 0.1) is 0 Å². The lowest BCUT2D eigenvalue weighted by Gasteiger charge is -2.06. The van der Waals surface area contributed by atoms with E-state index >= 15 is 0 Å². The van der Waals surface area contributed by atoms with Gasteiger partial charge >= 0.3 is 6.18 Å². The number of aromatic nitrogens is 5. The molecule has 0 bridgehead atoms. The smallest absolute Gasteiger partial charge is 0.414 e. The number of nitrogens with zero attached hydrogens (tertiary/aromatic N) is 5. The third kappa shape index (κ3) is 4.22. The van der Waals surface area contributed by atoms with E-state index < -0.39 is 23.2 Å². The molecule has 0 spiro atoms. The summed E-state index contributed by atoms with van der Waals surface area (Å²) in [6.45, 7) is 1.82. The molecule has 0 aromatic carbocycles. The standard InChI is InChI=1S/C16H13F3N6O3/c1-2-21-12(26)8-25-13(27)4-3-11(24-25)15-23-22-14(28-15)9-5-10(7-20-6-9)16(17,18)19/h3-7H,2,8H2,1H3,(H,21,26). The molecule has 0 aliphatic heterocycles. The van der Waals surface area contributed by atoms with Gasteiger partial charge in [-0.15, -0.1) is 10.2 Å². The Morgan fingerprint density at radius 1 is 1.21 bits per heavy atom. The van der Waals surface area contributed by atoms with Gasteiger partial charge in [0.15, 0.2) is 0 Å². The van der Waals surface area contributed by atoms with Crippen molar-refractivity contribution in [3.05, 3.63) is 46.5 Å². The van der Waals surface area contributed by atoms with Crippen LogP contribution in [0.25, 0.3) is 23.0 Å². The van der Waals surface area contributed by atoms with Gasteiger partial charge in [-0.1, -0.05) is 0 Å². The van der Waals surface area contributed by atoms with Crippen molar-refractivity contribution in [3.63, 3.8) is 0 Å². The summed E-state index contributed by atoms with van der Waals surface area (Å²) in [5, 5.41) is 13.9. The number of nitrogens with one attached hydrogen (secondary N) is 1. The number of halogens is 3. The fourth-order valence-corrected chi connectivity index (χ4v) is 2.22. The molecule has 0 aliphatic rings. The zero-order valence-electron chi connectivity index (χ0n) is 14.4. The zero-order valence-corrected chi connectivity index (χ0v) is 14.4. The molecule has 3 rings (SSSR count). The van der Waals surface area contributed by atoms with E-state index in [-0.39, 0.29) is 29.6 Å². The van der Waals surface area contributed by atoms with Crippen LogP contribution in [0.4, 0.5) is 13.2 Å². The molecule has 3 heterocycles. The summed E-state index contributed by atoms with van der Waals surface area (Å²) < 4.78 is 44.7. The van der Waals surface area contributed by atoms with Gasteiger partial charge in [0.1, 0.15) is 12.2 Å². The van der Waals surface area contributed by atoms with Crippen LogP contribution in [0.5, 0.6) is 0 Å². The number of amides is 1. The second kappa shape index (κ2) is 7.58. The molecule has 0 saturated carbocycles. The maximum Gasteiger partial charge on any atom is 0.417 e. The molecule has 0 fully saturated rings. The molecule has 9 nitrogen and oxygen atoms in total. The molecular weight excluding hydrogens is 381 g/mol. The number of likely N-dealkylation sites (N-methyl/N-ethyl adjacent to an activating group) is 1. The highest BCUT2D eigenvalue weighted by Gasteiger charge is 2.31. The Hall–Kier alpha value is -3.57. The fourth-order valence-electron chi connectivity index (χ4n) is 2.22. The summed E-state index contributed by atoms with van der Waals surface area (Å²) in [5.41, 5.74) is -1.41. The maximum atomic E-state index is 12.8. The number of alkyl halides is 3. The Bertz CT molecular complexity index is 1060. The molecule has 1 N–H and O–H groups in total. The van der Waals surface area contributed by atoms with Crippen LogP contribution >= 0.6 is 0 Å². The monoisotopic (exact) mass is 394 g/mol. The van der Waals surface area contributed by atoms with Crippen LogP contribution in [0.15, 0.2) is 39.8 Å². The highest BCUT2D eigenvalue weighted by atomic mass is 19.4. The molecule has 0 unspecified atom stereocenters. The van der Waals surface area contributed by atoms with Gasteiger partial charge in [0.25, 0.3) is 11.4 Å². The lowest BCUT2D eigenvalue weighted by atomic mass is 10.2. The largest absolute Gasteiger partial charge is 0.417 e. The van der Waals surface area contributed by atoms with Crippen molar-refractivity contribution in [2.24, 2.45) is 0 Å². The molecule has 146 valence electrons. The third-order valence-corrected chi connectivity index (χ3v) is 3.49. The van der Waals surface area contributed by atoms with Crippen molar-refractivity contribution < 1.29 is 22.4 Å². The highest BCUT2D eigenvalue weighted by molar-refractivity contribution is 5.75. The SMILES string of the molecule is CCNC(=O)Cn1nc(-c2nnc(-c3cncc(C(F)(F)F)c3)o2)ccc1=O. The van der Waals surface area contributed by atoms with Gasteiger partial charge in [0, 0.05) is 25.0 Å². The van der Waals surface area contributed by atoms with E-state index in [1.165, 1.54) is 6.07 Å². The number of hydrogen-bond donors (Lipinski definition) is 1. The Balaban J connectivity index is 1.90. The summed E-state index contributed by atoms with van der Waals surface area (Å²) in [6.07, 6.45) is -2.74. The van der Waals surface area contributed by atoms with E-state index in [1.807, 2.05) is 0 Å². The molecule has 12 heteroatoms. The number of rotatable bonds is 5. The van der Waals surface area contributed by atoms with Gasteiger partial charge in [-0.2, -0.15) is 18.3 Å². The van der Waals surface area contributed by atoms with Crippen molar-refractivity contribution in [3.8, 4) is 23.0 Å². The normalized spacial score (nSPS) is 11.4. The quantitative estimate of drug-likeness (QED) is 0.697. The van der Waals surface area contributed by atoms with Crippen molar-refractivity contribution in [1.82, 2.24) is 30.3 Å². The van der Waals surface area contributed by atoms with E-state index in [4.69, 9.17) is 4.42 Å². The minimum absolute atomic E-state index is 0.0239. The van der Waals surface area contributed by atoms with Gasteiger partial charge in [-0.25, -0.2) is 4.68 Å². The average Bonchev–Trinajstić information content (AvgIpc) is 3.13. The van der Waals surface area contributed by atoms with E-state index in [0.717, 1.165) is 23.0 Å². The first kappa shape index (κ1) is 19.2. The molecule has 0 aliphatic carbocycles. The van der Waals surface area contributed by atoms with Crippen molar-refractivity contribution >= 4 is 5.91 Å². The van der Waals surface area contributed by atoms with Crippen LogP contribution in [0.2, 0.25) is 0 Å². The second-order valence-electron chi connectivity index (χ2n) is 5.54. The second-order valence-corrected chi connectivity index (χ2v) is 5.54. The van der Waals surface area contributed by atoms with Gasteiger partial charge in [0.2, 0.25) is 11.8 Å². The lowest BCUT2D eigenvalue weighted by molar-refractivity contribution is -0.137. The summed E-state index contributed by atoms with van der Waals surface area (Å²) in [7, 11) is 0. The van der Waals surface area contributed by atoms with Gasteiger partial charge in [-0.3, -0.25) is 14.6 Å². The Morgan fingerprint density at radius 2 is 1.96 bits per heavy atom. The topological polar surface area (TPSA) is 116 Å². The molecule has 0 saturated heterocycles. The number of hydrogen-bond acceptors (Lipinski definition) is 7. The van der Waals surface area contributed by atoms with Gasteiger partial charge in [0.05, 0.1) is 11.1 Å². The predicted octanol–water partition coefficient (Wildman–Crippen LogP) is 1.51. The van der Waals surface area contributed by atoms with Crippen molar-refractivity contribution in [2.75, 3.05) is 6.54 Å². The van der Waals surface area contributed by atoms with Crippen LogP contribution < -0.4 is 10.9 Å². The first-order valence-electron chi connectivity index (χ1n) is 7.99. The minimum atomic E-state index is -4.57. The Kier molecular flexibility index (Phi) is 5.20. The average molecular weight is 394 g/mol. The summed E-state index contributed by atoms with van der Waals surface area (Å²) in [6, 6.07) is 3.29. The first-order valence-corrected chi connectivity index (χ1v) is 7.99. The van der Waals surface area contributed by atoms with Gasteiger partial charge in [-0.05, 0) is 19.1 Å². The number of pyridine rings is 1. The number of carbonyl (C=O) groups excluding carboxylic acids is 1. The lowest BCUT2D eigenvalue weighted by Crippen LogP contribution is -2.33. The summed E-state index contributed by atoms with van der Waals surface area (Å²) in [5.74, 6) is -0.732. The molecule has 0 radical (unpaired) electrons. The molecular formula is C16H13F3N6O3. The molecule has 1 amide bonds. The van der Waals surface area contributed by atoms with Crippen molar-refractivity contribution in [2.45, 2.75) is 19.6 Å². The highest BCUT2D eigenvalue weighted by Crippen LogP contribution is 2.31. The number of carbonyl (C=O) groups is 1. The van der Waals surface area contributed by atoms with Gasteiger partial charge < -0.3 is 9.73 Å². The van der Waals surface area contributed by atoms with Crippen LogP contribution in [-0.2, 0) is 17.5 Å². The fraction of sp³-hybridized carbons (Fsp3) is 0.250. The first-order chi connectivity index (χ1) is 13.3. The molecule has 3 aromatic heterocycles. The van der Waals surface area contributed by atoms with Crippen LogP contribution in [0.3, 0.4) is 0 Å². The van der Waals surface area contributed by atoms with E-state index in [0.29, 0.717) is 12.7 Å². The third-order valence-electron chi connectivity index (χ3n) is 3.49. The predicted molar refractivity (Wildman–Crippen MR) is 88.7 cm³/mol. The van der Waals surface area contributed by atoms with Crippen molar-refractivity contribution in [1.29, 1.82) is 0 Å². The zero-order chi connectivity index (χ0) is 20.3. The van der Waals surface area contributed by atoms with Crippen LogP contribution in [0.1, 0.15) is 12.5 Å². The Morgan fingerprint density at radius 3 is 2.68 bits per heavy atom. The summed E-state index contributed by atoms with van der Waals surface area (Å²) >= 11 is 0. The van der Waals surface area contributed by atoms with E-state index in [9.17, 15) is 22.8 Å². The van der Waals surface area contributed by atoms with Crippen LogP contribution in [-0.4, -0.2) is 37.4 Å². The molecule has 3 aromatic rings.